The van der Waals surface area contributed by atoms with Gasteiger partial charge in [-0.1, -0.05) is 28.1 Å². The number of aliphatic imine (C=N–C) groups is 1. The maximum Gasteiger partial charge on any atom is 0.416 e. The molecule has 1 aliphatic heterocycles. The molecule has 0 bridgehead atoms. The van der Waals surface area contributed by atoms with E-state index in [2.05, 4.69) is 26.2 Å². The van der Waals surface area contributed by atoms with Crippen molar-refractivity contribution in [2.24, 2.45) is 4.99 Å². The average molecular weight is 579 g/mol. The van der Waals surface area contributed by atoms with Gasteiger partial charge in [0, 0.05) is 15.9 Å². The van der Waals surface area contributed by atoms with Crippen molar-refractivity contribution in [3.05, 3.63) is 74.9 Å². The Bertz CT molecular complexity index is 1320. The molecule has 0 radical (unpaired) electrons. The Hall–Kier alpha value is -3.85. The molecule has 1 atom stereocenters. The summed E-state index contributed by atoms with van der Waals surface area (Å²) in [7, 11) is 1.19. The van der Waals surface area contributed by atoms with Crippen LogP contribution in [0.4, 0.5) is 18.9 Å². The third-order valence-corrected chi connectivity index (χ3v) is 6.13. The number of hydrogen-bond donors (Lipinski definition) is 1. The summed E-state index contributed by atoms with van der Waals surface area (Å²) in [6, 6.07) is 10.4. The van der Waals surface area contributed by atoms with Gasteiger partial charge in [-0.3, -0.25) is 9.69 Å². The summed E-state index contributed by atoms with van der Waals surface area (Å²) in [5, 5.41) is 12.3. The monoisotopic (exact) mass is 578 g/mol. The fourth-order valence-corrected chi connectivity index (χ4v) is 4.40. The Morgan fingerprint density at radius 3 is 2.57 bits per heavy atom. The summed E-state index contributed by atoms with van der Waals surface area (Å²) in [6.45, 7) is 2.87. The average Bonchev–Trinajstić information content (AvgIpc) is 2.86. The number of methoxy groups -OCH3 is 1. The minimum atomic E-state index is -4.61. The van der Waals surface area contributed by atoms with Gasteiger partial charge >= 0.3 is 18.1 Å². The van der Waals surface area contributed by atoms with Crippen molar-refractivity contribution in [3.63, 3.8) is 0 Å². The topological polar surface area (TPSA) is 104 Å². The maximum absolute atomic E-state index is 13.5. The van der Waals surface area contributed by atoms with E-state index in [4.69, 9.17) is 9.47 Å². The Labute approximate surface area is 219 Å². The predicted molar refractivity (Wildman–Crippen MR) is 132 cm³/mol. The number of nitrogens with zero attached hydrogens (tertiary/aromatic N) is 3. The van der Waals surface area contributed by atoms with Crippen LogP contribution in [-0.4, -0.2) is 38.2 Å². The second-order valence-corrected chi connectivity index (χ2v) is 8.60. The van der Waals surface area contributed by atoms with Crippen LogP contribution >= 0.6 is 15.9 Å². The van der Waals surface area contributed by atoms with Gasteiger partial charge in [0.15, 0.2) is 0 Å². The fourth-order valence-electron chi connectivity index (χ4n) is 3.79. The van der Waals surface area contributed by atoms with Gasteiger partial charge in [-0.05, 0) is 49.7 Å². The highest BCUT2D eigenvalue weighted by Crippen LogP contribution is 2.38. The van der Waals surface area contributed by atoms with E-state index >= 15 is 0 Å². The van der Waals surface area contributed by atoms with Gasteiger partial charge in [0.2, 0.25) is 5.96 Å². The molecule has 0 spiro atoms. The lowest BCUT2D eigenvalue weighted by Gasteiger charge is -2.38. The number of nitriles is 1. The molecule has 37 heavy (non-hydrogen) atoms. The van der Waals surface area contributed by atoms with Crippen LogP contribution in [0.3, 0.4) is 0 Å². The minimum absolute atomic E-state index is 0.0128. The molecule has 194 valence electrons. The molecule has 12 heteroatoms. The van der Waals surface area contributed by atoms with Crippen molar-refractivity contribution < 1.29 is 32.2 Å². The van der Waals surface area contributed by atoms with Crippen molar-refractivity contribution in [1.82, 2.24) is 5.32 Å². The third-order valence-electron chi connectivity index (χ3n) is 5.44. The summed E-state index contributed by atoms with van der Waals surface area (Å²) in [5.74, 6) is -1.36. The number of carbonyl (C=O) groups is 2. The van der Waals surface area contributed by atoms with Crippen LogP contribution < -0.4 is 10.2 Å². The van der Waals surface area contributed by atoms with Gasteiger partial charge in [-0.25, -0.2) is 9.79 Å². The van der Waals surface area contributed by atoms with E-state index in [1.807, 2.05) is 6.07 Å². The van der Waals surface area contributed by atoms with Crippen LogP contribution in [0.25, 0.3) is 0 Å². The largest absolute Gasteiger partial charge is 0.466 e. The van der Waals surface area contributed by atoms with Crippen LogP contribution in [-0.2, 0) is 25.2 Å². The number of anilines is 1. The number of nitrogens with one attached hydrogen (secondary N) is 1. The molecule has 0 fully saturated rings. The van der Waals surface area contributed by atoms with Gasteiger partial charge in [0.25, 0.3) is 0 Å². The molecule has 2 aromatic carbocycles. The van der Waals surface area contributed by atoms with Crippen molar-refractivity contribution in [2.75, 3.05) is 25.2 Å². The van der Waals surface area contributed by atoms with Crippen LogP contribution in [0.15, 0.2) is 63.2 Å². The predicted octanol–water partition coefficient (Wildman–Crippen LogP) is 4.86. The van der Waals surface area contributed by atoms with Crippen LogP contribution in [0.1, 0.15) is 36.6 Å². The number of hydrogen-bond acceptors (Lipinski definition) is 6. The molecule has 0 aliphatic carbocycles. The molecule has 0 amide bonds. The highest BCUT2D eigenvalue weighted by atomic mass is 79.9. The summed E-state index contributed by atoms with van der Waals surface area (Å²) in [6.07, 6.45) is -4.61. The number of halogens is 4. The van der Waals surface area contributed by atoms with E-state index in [0.29, 0.717) is 15.6 Å². The Balaban J connectivity index is 2.25. The van der Waals surface area contributed by atoms with E-state index in [1.54, 1.807) is 25.1 Å². The summed E-state index contributed by atoms with van der Waals surface area (Å²) < 4.78 is 50.9. The molecule has 3 rings (SSSR count). The van der Waals surface area contributed by atoms with Crippen molar-refractivity contribution in [2.45, 2.75) is 26.1 Å². The maximum atomic E-state index is 13.5. The normalized spacial score (nSPS) is 16.8. The first kappa shape index (κ1) is 27.7. The lowest BCUT2D eigenvalue weighted by molar-refractivity contribution is -0.141. The van der Waals surface area contributed by atoms with Crippen LogP contribution in [0.2, 0.25) is 0 Å². The standard InChI is InChI=1S/C25H22BrF3N4O4/c1-4-37-20(34)13-31-24-32-22(18-9-8-15(12-30)10-19(18)26)21(23(35)36-3)14(2)33(24)17-7-5-6-16(11-17)25(27,28)29/h5-11,22H,4,13H2,1-3H3,(H,31,32). The molecule has 1 N–H and O–H groups in total. The van der Waals surface area contributed by atoms with E-state index in [0.717, 1.165) is 12.1 Å². The fraction of sp³-hybridized carbons (Fsp3) is 0.280. The minimum Gasteiger partial charge on any atom is -0.466 e. The summed E-state index contributed by atoms with van der Waals surface area (Å²) >= 11 is 3.42. The highest BCUT2D eigenvalue weighted by Gasteiger charge is 2.38. The number of esters is 2. The van der Waals surface area contributed by atoms with Crippen LogP contribution in [0.5, 0.6) is 0 Å². The number of allylic oxidation sites excluding steroid dienone is 1. The first-order chi connectivity index (χ1) is 17.5. The van der Waals surface area contributed by atoms with Crippen LogP contribution in [0, 0.1) is 11.3 Å². The molecule has 1 unspecified atom stereocenters. The second-order valence-electron chi connectivity index (χ2n) is 7.74. The van der Waals surface area contributed by atoms with Gasteiger partial charge in [-0.2, -0.15) is 18.4 Å². The summed E-state index contributed by atoms with van der Waals surface area (Å²) in [4.78, 5) is 30.6. The van der Waals surface area contributed by atoms with E-state index in [-0.39, 0.29) is 29.5 Å². The smallest absolute Gasteiger partial charge is 0.416 e. The summed E-state index contributed by atoms with van der Waals surface area (Å²) in [5.41, 5.74) is 0.384. The van der Waals surface area contributed by atoms with Gasteiger partial charge < -0.3 is 14.8 Å². The zero-order chi connectivity index (χ0) is 27.3. The molecule has 0 saturated carbocycles. The van der Waals surface area contributed by atoms with E-state index in [9.17, 15) is 28.0 Å². The van der Waals surface area contributed by atoms with Gasteiger partial charge in [0.05, 0.1) is 42.5 Å². The molecule has 2 aromatic rings. The molecule has 0 saturated heterocycles. The molecule has 1 heterocycles. The molecule has 1 aliphatic rings. The second kappa shape index (κ2) is 11.5. The quantitative estimate of drug-likeness (QED) is 0.488. The first-order valence-corrected chi connectivity index (χ1v) is 11.7. The van der Waals surface area contributed by atoms with Crippen molar-refractivity contribution in [1.29, 1.82) is 5.26 Å². The Morgan fingerprint density at radius 2 is 1.97 bits per heavy atom. The Kier molecular flexibility index (Phi) is 8.60. The van der Waals surface area contributed by atoms with E-state index in [1.165, 1.54) is 31.1 Å². The lowest BCUT2D eigenvalue weighted by Crippen LogP contribution is -2.49. The molecule has 8 nitrogen and oxygen atoms in total. The number of ether oxygens (including phenoxy) is 2. The number of benzene rings is 2. The lowest BCUT2D eigenvalue weighted by atomic mass is 9.94. The molecular formula is C25H22BrF3N4O4. The SMILES string of the molecule is CCOC(=O)CN=C1NC(c2ccc(C#N)cc2Br)C(C(=O)OC)=C(C)N1c1cccc(C(F)(F)F)c1. The Morgan fingerprint density at radius 1 is 1.24 bits per heavy atom. The number of alkyl halides is 3. The number of carbonyl (C=O) groups excluding carboxylic acids is 2. The highest BCUT2D eigenvalue weighted by molar-refractivity contribution is 9.10. The number of rotatable bonds is 6. The zero-order valence-corrected chi connectivity index (χ0v) is 21.6. The third kappa shape index (κ3) is 6.11. The zero-order valence-electron chi connectivity index (χ0n) is 20.0. The number of guanidine groups is 1. The van der Waals surface area contributed by atoms with Crippen molar-refractivity contribution >= 4 is 39.5 Å². The van der Waals surface area contributed by atoms with Gasteiger partial charge in [0.1, 0.15) is 6.54 Å². The van der Waals surface area contributed by atoms with Crippen molar-refractivity contribution in [3.8, 4) is 6.07 Å². The molecule has 0 aromatic heterocycles. The van der Waals surface area contributed by atoms with E-state index < -0.39 is 36.3 Å². The first-order valence-electron chi connectivity index (χ1n) is 10.9. The van der Waals surface area contributed by atoms with Gasteiger partial charge in [-0.15, -0.1) is 0 Å². The molecular weight excluding hydrogens is 557 g/mol.